The third-order valence-electron chi connectivity index (χ3n) is 3.99. The topological polar surface area (TPSA) is 48.7 Å². The molecule has 1 heterocycles. The van der Waals surface area contributed by atoms with Gasteiger partial charge in [0.05, 0.1) is 5.56 Å². The molecule has 1 aliphatic carbocycles. The minimum atomic E-state index is -4.50. The van der Waals surface area contributed by atoms with Crippen molar-refractivity contribution in [2.24, 2.45) is 5.92 Å². The number of hydrogen-bond acceptors (Lipinski definition) is 3. The van der Waals surface area contributed by atoms with E-state index >= 15 is 0 Å². The van der Waals surface area contributed by atoms with E-state index in [0.717, 1.165) is 38.2 Å². The minimum Gasteiger partial charge on any atom is -0.366 e. The highest BCUT2D eigenvalue weighted by Crippen LogP contribution is 2.31. The number of anilines is 1. The Morgan fingerprint density at radius 1 is 1.24 bits per heavy atom. The number of halogens is 3. The van der Waals surface area contributed by atoms with Crippen LogP contribution in [0.25, 0.3) is 0 Å². The van der Waals surface area contributed by atoms with Crippen LogP contribution in [0.4, 0.5) is 19.0 Å². The molecule has 1 aromatic heterocycles. The van der Waals surface area contributed by atoms with Crippen LogP contribution in [0.2, 0.25) is 0 Å². The first-order chi connectivity index (χ1) is 9.91. The highest BCUT2D eigenvalue weighted by molar-refractivity contribution is 5.53. The summed E-state index contributed by atoms with van der Waals surface area (Å²) in [5.74, 6) is 0.404. The molecule has 2 atom stereocenters. The first kappa shape index (κ1) is 15.6. The van der Waals surface area contributed by atoms with Crippen LogP contribution in [-0.2, 0) is 6.18 Å². The maximum atomic E-state index is 12.8. The van der Waals surface area contributed by atoms with Gasteiger partial charge in [0.2, 0.25) is 0 Å². The molecule has 0 saturated heterocycles. The fourth-order valence-corrected chi connectivity index (χ4v) is 2.70. The Balaban J connectivity index is 2.27. The van der Waals surface area contributed by atoms with E-state index in [0.29, 0.717) is 5.92 Å². The van der Waals surface area contributed by atoms with E-state index in [2.05, 4.69) is 17.2 Å². The van der Waals surface area contributed by atoms with E-state index in [-0.39, 0.29) is 17.4 Å². The second-order valence-electron chi connectivity index (χ2n) is 5.57. The summed E-state index contributed by atoms with van der Waals surface area (Å²) in [5.41, 5.74) is -0.815. The molecule has 0 aromatic carbocycles. The zero-order valence-corrected chi connectivity index (χ0v) is 11.9. The molecule has 0 radical (unpaired) electrons. The molecule has 0 spiro atoms. The molecule has 0 aliphatic heterocycles. The van der Waals surface area contributed by atoms with Gasteiger partial charge in [-0.05, 0) is 30.9 Å². The van der Waals surface area contributed by atoms with Gasteiger partial charge in [0, 0.05) is 6.04 Å². The normalized spacial score (nSPS) is 23.2. The Labute approximate surface area is 122 Å². The summed E-state index contributed by atoms with van der Waals surface area (Å²) in [7, 11) is 0. The third-order valence-corrected chi connectivity index (χ3v) is 3.99. The summed E-state index contributed by atoms with van der Waals surface area (Å²) in [6.45, 7) is 2.09. The van der Waals surface area contributed by atoms with Crippen molar-refractivity contribution in [3.63, 3.8) is 0 Å². The lowest BCUT2D eigenvalue weighted by molar-refractivity contribution is -0.141. The summed E-state index contributed by atoms with van der Waals surface area (Å²) in [6, 6.07) is 3.99. The number of pyridine rings is 1. The fraction of sp³-hybridized carbons (Fsp3) is 0.600. The van der Waals surface area contributed by atoms with Crippen molar-refractivity contribution in [3.8, 4) is 6.07 Å². The molecule has 1 aromatic rings. The van der Waals surface area contributed by atoms with Crippen molar-refractivity contribution in [1.29, 1.82) is 5.26 Å². The SMILES string of the molecule is CC1CCCCCC1Nc1nc(C(F)(F)F)ccc1C#N. The largest absolute Gasteiger partial charge is 0.433 e. The molecule has 21 heavy (non-hydrogen) atoms. The van der Waals surface area contributed by atoms with E-state index in [1.165, 1.54) is 6.07 Å². The van der Waals surface area contributed by atoms with Crippen molar-refractivity contribution in [2.45, 2.75) is 51.2 Å². The molecule has 1 aliphatic rings. The molecule has 6 heteroatoms. The average Bonchev–Trinajstić information content (AvgIpc) is 2.63. The summed E-state index contributed by atoms with van der Waals surface area (Å²) < 4.78 is 38.3. The quantitative estimate of drug-likeness (QED) is 0.825. The predicted octanol–water partition coefficient (Wildman–Crippen LogP) is 4.35. The molecular formula is C15H18F3N3. The number of hydrogen-bond donors (Lipinski definition) is 1. The third kappa shape index (κ3) is 3.87. The van der Waals surface area contributed by atoms with Crippen LogP contribution in [0.15, 0.2) is 12.1 Å². The summed E-state index contributed by atoms with van der Waals surface area (Å²) >= 11 is 0. The van der Waals surface area contributed by atoms with Gasteiger partial charge in [-0.1, -0.05) is 26.2 Å². The Bertz CT molecular complexity index is 534. The Morgan fingerprint density at radius 2 is 1.95 bits per heavy atom. The van der Waals surface area contributed by atoms with Crippen molar-refractivity contribution in [3.05, 3.63) is 23.4 Å². The van der Waals surface area contributed by atoms with E-state index in [9.17, 15) is 13.2 Å². The number of rotatable bonds is 2. The molecule has 2 rings (SSSR count). The lowest BCUT2D eigenvalue weighted by atomic mass is 9.97. The van der Waals surface area contributed by atoms with Crippen LogP contribution in [-0.4, -0.2) is 11.0 Å². The standard InChI is InChI=1S/C15H18F3N3/c1-10-5-3-2-4-6-12(10)20-14-11(9-19)7-8-13(21-14)15(16,17)18/h7-8,10,12H,2-6H2,1H3,(H,20,21). The lowest BCUT2D eigenvalue weighted by Gasteiger charge is -2.24. The van der Waals surface area contributed by atoms with Gasteiger partial charge in [0.25, 0.3) is 0 Å². The van der Waals surface area contributed by atoms with Crippen LogP contribution in [0.3, 0.4) is 0 Å². The maximum Gasteiger partial charge on any atom is 0.433 e. The summed E-state index contributed by atoms with van der Waals surface area (Å²) in [5, 5.41) is 12.1. The summed E-state index contributed by atoms with van der Waals surface area (Å²) in [4.78, 5) is 3.62. The monoisotopic (exact) mass is 297 g/mol. The highest BCUT2D eigenvalue weighted by Gasteiger charge is 2.33. The average molecular weight is 297 g/mol. The highest BCUT2D eigenvalue weighted by atomic mass is 19.4. The van der Waals surface area contributed by atoms with Crippen molar-refractivity contribution < 1.29 is 13.2 Å². The van der Waals surface area contributed by atoms with Crippen LogP contribution in [0, 0.1) is 17.2 Å². The first-order valence-electron chi connectivity index (χ1n) is 7.16. The molecule has 1 saturated carbocycles. The fourth-order valence-electron chi connectivity index (χ4n) is 2.70. The molecule has 1 N–H and O–H groups in total. The molecule has 114 valence electrons. The van der Waals surface area contributed by atoms with Crippen LogP contribution < -0.4 is 5.32 Å². The zero-order valence-electron chi connectivity index (χ0n) is 11.9. The van der Waals surface area contributed by atoms with Gasteiger partial charge < -0.3 is 5.32 Å². The lowest BCUT2D eigenvalue weighted by Crippen LogP contribution is -2.27. The number of nitrogens with one attached hydrogen (secondary N) is 1. The first-order valence-corrected chi connectivity index (χ1v) is 7.16. The molecule has 0 bridgehead atoms. The van der Waals surface area contributed by atoms with E-state index in [4.69, 9.17) is 5.26 Å². The van der Waals surface area contributed by atoms with Gasteiger partial charge in [-0.15, -0.1) is 0 Å². The van der Waals surface area contributed by atoms with Gasteiger partial charge in [0.1, 0.15) is 17.6 Å². The minimum absolute atomic E-state index is 0.0473. The second-order valence-corrected chi connectivity index (χ2v) is 5.57. The molecule has 0 amide bonds. The van der Waals surface area contributed by atoms with Crippen LogP contribution >= 0.6 is 0 Å². The number of nitrogens with zero attached hydrogens (tertiary/aromatic N) is 2. The molecule has 2 unspecified atom stereocenters. The van der Waals surface area contributed by atoms with Crippen molar-refractivity contribution >= 4 is 5.82 Å². The molecule has 1 fully saturated rings. The van der Waals surface area contributed by atoms with Crippen molar-refractivity contribution in [2.75, 3.05) is 5.32 Å². The number of nitriles is 1. The Kier molecular flexibility index (Phi) is 4.71. The van der Waals surface area contributed by atoms with Gasteiger partial charge in [-0.3, -0.25) is 0 Å². The smallest absolute Gasteiger partial charge is 0.366 e. The second kappa shape index (κ2) is 6.33. The number of alkyl halides is 3. The zero-order chi connectivity index (χ0) is 15.5. The van der Waals surface area contributed by atoms with E-state index in [1.807, 2.05) is 6.07 Å². The van der Waals surface area contributed by atoms with E-state index < -0.39 is 11.9 Å². The van der Waals surface area contributed by atoms with E-state index in [1.54, 1.807) is 0 Å². The summed E-state index contributed by atoms with van der Waals surface area (Å²) in [6.07, 6.45) is 0.759. The van der Waals surface area contributed by atoms with Crippen LogP contribution in [0.1, 0.15) is 50.3 Å². The molecular weight excluding hydrogens is 279 g/mol. The Morgan fingerprint density at radius 3 is 2.62 bits per heavy atom. The van der Waals surface area contributed by atoms with Gasteiger partial charge in [-0.2, -0.15) is 18.4 Å². The molecule has 3 nitrogen and oxygen atoms in total. The van der Waals surface area contributed by atoms with Crippen molar-refractivity contribution in [1.82, 2.24) is 4.98 Å². The van der Waals surface area contributed by atoms with Gasteiger partial charge >= 0.3 is 6.18 Å². The van der Waals surface area contributed by atoms with Gasteiger partial charge in [-0.25, -0.2) is 4.98 Å². The maximum absolute atomic E-state index is 12.8. The predicted molar refractivity (Wildman–Crippen MR) is 73.6 cm³/mol. The van der Waals surface area contributed by atoms with Gasteiger partial charge in [0.15, 0.2) is 0 Å². The number of aromatic nitrogens is 1. The Hall–Kier alpha value is -1.77. The van der Waals surface area contributed by atoms with Crippen LogP contribution in [0.5, 0.6) is 0 Å².